The lowest BCUT2D eigenvalue weighted by atomic mass is 10.1. The third-order valence-corrected chi connectivity index (χ3v) is 4.76. The molecule has 2 aromatic carbocycles. The highest BCUT2D eigenvalue weighted by Gasteiger charge is 2.13. The van der Waals surface area contributed by atoms with Crippen molar-refractivity contribution in [1.82, 2.24) is 4.72 Å². The highest BCUT2D eigenvalue weighted by atomic mass is 32.2. The summed E-state index contributed by atoms with van der Waals surface area (Å²) >= 11 is 0. The van der Waals surface area contributed by atoms with Gasteiger partial charge >= 0.3 is 0 Å². The van der Waals surface area contributed by atoms with Crippen molar-refractivity contribution in [2.24, 2.45) is 0 Å². The van der Waals surface area contributed by atoms with E-state index in [1.807, 2.05) is 6.92 Å². The molecule has 0 saturated heterocycles. The zero-order valence-electron chi connectivity index (χ0n) is 11.8. The van der Waals surface area contributed by atoms with Crippen LogP contribution in [0.1, 0.15) is 18.1 Å². The maximum atomic E-state index is 13.4. The summed E-state index contributed by atoms with van der Waals surface area (Å²) in [5.74, 6) is -0.316. The van der Waals surface area contributed by atoms with E-state index in [1.54, 1.807) is 42.5 Å². The minimum atomic E-state index is -3.54. The third kappa shape index (κ3) is 4.12. The van der Waals surface area contributed by atoms with Crippen molar-refractivity contribution >= 4 is 10.0 Å². The number of sulfonamides is 1. The number of benzene rings is 2. The van der Waals surface area contributed by atoms with Crippen LogP contribution in [-0.4, -0.2) is 15.0 Å². The molecule has 0 fully saturated rings. The van der Waals surface area contributed by atoms with Crippen LogP contribution in [0.5, 0.6) is 0 Å². The summed E-state index contributed by atoms with van der Waals surface area (Å²) in [5.41, 5.74) is 1.59. The summed E-state index contributed by atoms with van der Waals surface area (Å²) in [7, 11) is -3.54. The summed E-state index contributed by atoms with van der Waals surface area (Å²) in [5, 5.41) is 0. The van der Waals surface area contributed by atoms with E-state index in [4.69, 9.17) is 0 Å². The fourth-order valence-electron chi connectivity index (χ4n) is 2.01. The zero-order chi connectivity index (χ0) is 15.3. The number of hydrogen-bond acceptors (Lipinski definition) is 2. The first-order valence-corrected chi connectivity index (χ1v) is 8.33. The summed E-state index contributed by atoms with van der Waals surface area (Å²) in [6.07, 6.45) is 1.18. The van der Waals surface area contributed by atoms with Gasteiger partial charge in [0.2, 0.25) is 10.0 Å². The maximum Gasteiger partial charge on any atom is 0.240 e. The molecule has 3 nitrogen and oxygen atoms in total. The molecule has 0 spiro atoms. The summed E-state index contributed by atoms with van der Waals surface area (Å²) in [6.45, 7) is 2.18. The van der Waals surface area contributed by atoms with E-state index in [0.29, 0.717) is 12.0 Å². The van der Waals surface area contributed by atoms with Gasteiger partial charge in [0.05, 0.1) is 4.90 Å². The molecule has 0 bridgehead atoms. The van der Waals surface area contributed by atoms with Crippen LogP contribution in [0.25, 0.3) is 0 Å². The van der Waals surface area contributed by atoms with Crippen LogP contribution < -0.4 is 4.72 Å². The lowest BCUT2D eigenvalue weighted by Gasteiger charge is -2.08. The van der Waals surface area contributed by atoms with E-state index >= 15 is 0 Å². The van der Waals surface area contributed by atoms with Crippen molar-refractivity contribution in [3.63, 3.8) is 0 Å². The van der Waals surface area contributed by atoms with Gasteiger partial charge in [0.15, 0.2) is 0 Å². The van der Waals surface area contributed by atoms with Crippen molar-refractivity contribution in [1.29, 1.82) is 0 Å². The first-order valence-electron chi connectivity index (χ1n) is 6.85. The quantitative estimate of drug-likeness (QED) is 0.892. The second kappa shape index (κ2) is 6.83. The SMILES string of the molecule is CCc1ccc(S(=O)(=O)NCCc2ccccc2F)cc1. The predicted molar refractivity (Wildman–Crippen MR) is 81.1 cm³/mol. The average Bonchev–Trinajstić information content (AvgIpc) is 2.49. The van der Waals surface area contributed by atoms with Gasteiger partial charge in [0, 0.05) is 6.54 Å². The van der Waals surface area contributed by atoms with Crippen LogP contribution in [0.2, 0.25) is 0 Å². The molecule has 0 atom stereocenters. The molecule has 0 aliphatic heterocycles. The van der Waals surface area contributed by atoms with Crippen molar-refractivity contribution in [2.75, 3.05) is 6.54 Å². The molecular weight excluding hydrogens is 289 g/mol. The normalized spacial score (nSPS) is 11.5. The number of aryl methyl sites for hydroxylation is 1. The molecule has 0 radical (unpaired) electrons. The van der Waals surface area contributed by atoms with Crippen LogP contribution in [0.4, 0.5) is 4.39 Å². The molecule has 2 aromatic rings. The third-order valence-electron chi connectivity index (χ3n) is 3.29. The standard InChI is InChI=1S/C16H18FNO2S/c1-2-13-7-9-15(10-8-13)21(19,20)18-12-11-14-5-3-4-6-16(14)17/h3-10,18H,2,11-12H2,1H3. The molecule has 21 heavy (non-hydrogen) atoms. The molecule has 0 amide bonds. The van der Waals surface area contributed by atoms with E-state index in [-0.39, 0.29) is 17.3 Å². The van der Waals surface area contributed by atoms with Gasteiger partial charge in [-0.3, -0.25) is 0 Å². The smallest absolute Gasteiger partial charge is 0.211 e. The Morgan fingerprint density at radius 3 is 2.33 bits per heavy atom. The van der Waals surface area contributed by atoms with Crippen LogP contribution in [0.15, 0.2) is 53.4 Å². The Bertz CT molecular complexity index is 696. The molecule has 0 aliphatic rings. The Hall–Kier alpha value is -1.72. The van der Waals surface area contributed by atoms with Crippen LogP contribution in [-0.2, 0) is 22.9 Å². The average molecular weight is 307 g/mol. The van der Waals surface area contributed by atoms with Gasteiger partial charge in [-0.15, -0.1) is 0 Å². The Labute approximate surface area is 124 Å². The Balaban J connectivity index is 1.99. The van der Waals surface area contributed by atoms with Gasteiger partial charge < -0.3 is 0 Å². The minimum Gasteiger partial charge on any atom is -0.211 e. The lowest BCUT2D eigenvalue weighted by molar-refractivity contribution is 0.577. The van der Waals surface area contributed by atoms with Crippen molar-refractivity contribution in [2.45, 2.75) is 24.7 Å². The van der Waals surface area contributed by atoms with Crippen LogP contribution >= 0.6 is 0 Å². The van der Waals surface area contributed by atoms with E-state index in [1.165, 1.54) is 6.07 Å². The molecular formula is C16H18FNO2S. The number of hydrogen-bond donors (Lipinski definition) is 1. The van der Waals surface area contributed by atoms with Crippen molar-refractivity contribution < 1.29 is 12.8 Å². The molecule has 0 aromatic heterocycles. The van der Waals surface area contributed by atoms with E-state index in [2.05, 4.69) is 4.72 Å². The van der Waals surface area contributed by atoms with Gasteiger partial charge in [0.25, 0.3) is 0 Å². The molecule has 0 aliphatic carbocycles. The largest absolute Gasteiger partial charge is 0.240 e. The summed E-state index contributed by atoms with van der Waals surface area (Å²) < 4.78 is 40.1. The molecule has 112 valence electrons. The number of nitrogens with one attached hydrogen (secondary N) is 1. The van der Waals surface area contributed by atoms with Crippen LogP contribution in [0.3, 0.4) is 0 Å². The van der Waals surface area contributed by atoms with E-state index in [0.717, 1.165) is 12.0 Å². The number of halogens is 1. The zero-order valence-corrected chi connectivity index (χ0v) is 12.7. The topological polar surface area (TPSA) is 46.2 Å². The Morgan fingerprint density at radius 2 is 1.71 bits per heavy atom. The fourth-order valence-corrected chi connectivity index (χ4v) is 3.04. The first-order chi connectivity index (χ1) is 10.0. The first kappa shape index (κ1) is 15.7. The number of rotatable bonds is 6. The highest BCUT2D eigenvalue weighted by molar-refractivity contribution is 7.89. The second-order valence-corrected chi connectivity index (χ2v) is 6.50. The van der Waals surface area contributed by atoms with Crippen molar-refractivity contribution in [3.8, 4) is 0 Å². The monoisotopic (exact) mass is 307 g/mol. The van der Waals surface area contributed by atoms with Gasteiger partial charge in [-0.1, -0.05) is 37.3 Å². The van der Waals surface area contributed by atoms with Crippen molar-refractivity contribution in [3.05, 3.63) is 65.5 Å². The Kier molecular flexibility index (Phi) is 5.09. The second-order valence-electron chi connectivity index (χ2n) is 4.74. The van der Waals surface area contributed by atoms with E-state index in [9.17, 15) is 12.8 Å². The highest BCUT2D eigenvalue weighted by Crippen LogP contribution is 2.11. The minimum absolute atomic E-state index is 0.165. The molecule has 5 heteroatoms. The molecule has 0 heterocycles. The molecule has 1 N–H and O–H groups in total. The van der Waals surface area contributed by atoms with Gasteiger partial charge in [0.1, 0.15) is 5.82 Å². The van der Waals surface area contributed by atoms with Gasteiger partial charge in [-0.25, -0.2) is 17.5 Å². The van der Waals surface area contributed by atoms with Crippen LogP contribution in [0, 0.1) is 5.82 Å². The fraction of sp³-hybridized carbons (Fsp3) is 0.250. The summed E-state index contributed by atoms with van der Waals surface area (Å²) in [4.78, 5) is 0.230. The predicted octanol–water partition coefficient (Wildman–Crippen LogP) is 2.91. The lowest BCUT2D eigenvalue weighted by Crippen LogP contribution is -2.26. The van der Waals surface area contributed by atoms with E-state index < -0.39 is 10.0 Å². The van der Waals surface area contributed by atoms with Gasteiger partial charge in [-0.2, -0.15) is 0 Å². The Morgan fingerprint density at radius 1 is 1.05 bits per heavy atom. The molecule has 2 rings (SSSR count). The summed E-state index contributed by atoms with van der Waals surface area (Å²) in [6, 6.07) is 13.1. The van der Waals surface area contributed by atoms with Gasteiger partial charge in [-0.05, 0) is 42.2 Å². The maximum absolute atomic E-state index is 13.4. The molecule has 0 saturated carbocycles. The molecule has 0 unspecified atom stereocenters.